The topological polar surface area (TPSA) is 50.4 Å². The summed E-state index contributed by atoms with van der Waals surface area (Å²) in [6.45, 7) is 0.639. The molecule has 21 heavy (non-hydrogen) atoms. The number of para-hydroxylation sites is 1. The second-order valence-electron chi connectivity index (χ2n) is 5.06. The number of carbonyl (C=O) groups excluding carboxylic acids is 1. The minimum atomic E-state index is -0.244. The number of methoxy groups -OCH3 is 1. The number of hydrogen-bond acceptors (Lipinski definition) is 2. The van der Waals surface area contributed by atoms with Crippen molar-refractivity contribution in [2.45, 2.75) is 32.1 Å². The van der Waals surface area contributed by atoms with E-state index in [4.69, 9.17) is 16.3 Å². The lowest BCUT2D eigenvalue weighted by Gasteiger charge is -2.14. The van der Waals surface area contributed by atoms with Gasteiger partial charge in [-0.25, -0.2) is 4.79 Å². The van der Waals surface area contributed by atoms with Crippen LogP contribution in [0.2, 0.25) is 5.02 Å². The lowest BCUT2D eigenvalue weighted by atomic mass is 9.97. The highest BCUT2D eigenvalue weighted by Gasteiger charge is 2.10. The molecule has 114 valence electrons. The predicted octanol–water partition coefficient (Wildman–Crippen LogP) is 4.36. The number of halogens is 1. The van der Waals surface area contributed by atoms with Gasteiger partial charge in [0.25, 0.3) is 0 Å². The molecule has 1 aliphatic rings. The Bertz CT molecular complexity index is 529. The minimum absolute atomic E-state index is 0.244. The van der Waals surface area contributed by atoms with Crippen molar-refractivity contribution in [3.8, 4) is 5.75 Å². The lowest BCUT2D eigenvalue weighted by molar-refractivity contribution is 0.252. The first-order valence-corrected chi connectivity index (χ1v) is 7.64. The van der Waals surface area contributed by atoms with Crippen LogP contribution < -0.4 is 15.4 Å². The molecule has 0 spiro atoms. The Morgan fingerprint density at radius 2 is 2.24 bits per heavy atom. The molecule has 2 N–H and O–H groups in total. The Morgan fingerprint density at radius 1 is 1.38 bits per heavy atom. The third-order valence-electron chi connectivity index (χ3n) is 3.54. The van der Waals surface area contributed by atoms with Crippen LogP contribution in [-0.4, -0.2) is 19.7 Å². The molecule has 0 fully saturated rings. The van der Waals surface area contributed by atoms with Crippen molar-refractivity contribution < 1.29 is 9.53 Å². The first-order valence-electron chi connectivity index (χ1n) is 7.26. The largest absolute Gasteiger partial charge is 0.493 e. The fourth-order valence-electron chi connectivity index (χ4n) is 2.45. The molecule has 0 bridgehead atoms. The molecule has 0 atom stereocenters. The van der Waals surface area contributed by atoms with Crippen LogP contribution in [0.4, 0.5) is 10.5 Å². The van der Waals surface area contributed by atoms with Gasteiger partial charge in [0.15, 0.2) is 5.75 Å². The number of amides is 2. The SMILES string of the molecule is COc1c(Cl)cccc1NC(=O)NCCC1=CCCCC1. The normalized spacial score (nSPS) is 14.3. The molecule has 0 heterocycles. The average Bonchev–Trinajstić information content (AvgIpc) is 2.48. The van der Waals surface area contributed by atoms with E-state index in [1.165, 1.54) is 31.9 Å². The molecule has 2 amide bonds. The van der Waals surface area contributed by atoms with Crippen LogP contribution in [0.25, 0.3) is 0 Å². The molecule has 0 aromatic heterocycles. The molecule has 2 rings (SSSR count). The number of anilines is 1. The first-order chi connectivity index (χ1) is 10.2. The molecule has 0 saturated heterocycles. The standard InChI is InChI=1S/C16H21ClN2O2/c1-21-15-13(17)8-5-9-14(15)19-16(20)18-11-10-12-6-3-2-4-7-12/h5-6,8-9H,2-4,7,10-11H2,1H3,(H2,18,19,20). The third kappa shape index (κ3) is 4.67. The van der Waals surface area contributed by atoms with Gasteiger partial charge in [-0.15, -0.1) is 0 Å². The van der Waals surface area contributed by atoms with Gasteiger partial charge in [-0.05, 0) is 44.2 Å². The summed E-state index contributed by atoms with van der Waals surface area (Å²) in [5.41, 5.74) is 2.02. The Labute approximate surface area is 130 Å². The van der Waals surface area contributed by atoms with Crippen molar-refractivity contribution in [3.63, 3.8) is 0 Å². The average molecular weight is 309 g/mol. The summed E-state index contributed by atoms with van der Waals surface area (Å²) >= 11 is 6.01. The maximum Gasteiger partial charge on any atom is 0.319 e. The highest BCUT2D eigenvalue weighted by Crippen LogP contribution is 2.32. The number of rotatable bonds is 5. The van der Waals surface area contributed by atoms with Crippen molar-refractivity contribution in [3.05, 3.63) is 34.9 Å². The number of nitrogens with one attached hydrogen (secondary N) is 2. The molecule has 5 heteroatoms. The summed E-state index contributed by atoms with van der Waals surface area (Å²) < 4.78 is 5.19. The van der Waals surface area contributed by atoms with Gasteiger partial charge in [-0.2, -0.15) is 0 Å². The van der Waals surface area contributed by atoms with Crippen LogP contribution in [0.15, 0.2) is 29.8 Å². The van der Waals surface area contributed by atoms with Gasteiger partial charge in [0, 0.05) is 6.54 Å². The second kappa shape index (κ2) is 7.93. The first kappa shape index (κ1) is 15.7. The zero-order valence-corrected chi connectivity index (χ0v) is 13.0. The maximum absolute atomic E-state index is 11.9. The van der Waals surface area contributed by atoms with Gasteiger partial charge >= 0.3 is 6.03 Å². The van der Waals surface area contributed by atoms with Gasteiger partial charge in [0.05, 0.1) is 17.8 Å². The number of hydrogen-bond donors (Lipinski definition) is 2. The molecule has 1 aliphatic carbocycles. The van der Waals surface area contributed by atoms with Gasteiger partial charge in [-0.3, -0.25) is 0 Å². The predicted molar refractivity (Wildman–Crippen MR) is 86.2 cm³/mol. The van der Waals surface area contributed by atoms with Crippen LogP contribution in [0, 0.1) is 0 Å². The summed E-state index contributed by atoms with van der Waals surface area (Å²) in [5, 5.41) is 6.10. The molecular weight excluding hydrogens is 288 g/mol. The fourth-order valence-corrected chi connectivity index (χ4v) is 2.70. The Balaban J connectivity index is 1.82. The molecule has 1 aromatic carbocycles. The summed E-state index contributed by atoms with van der Waals surface area (Å²) in [5.74, 6) is 0.476. The molecule has 0 radical (unpaired) electrons. The molecule has 1 aromatic rings. The van der Waals surface area contributed by atoms with E-state index in [9.17, 15) is 4.79 Å². The molecule has 0 unspecified atom stereocenters. The monoisotopic (exact) mass is 308 g/mol. The van der Waals surface area contributed by atoms with Crippen LogP contribution in [0.1, 0.15) is 32.1 Å². The zero-order chi connectivity index (χ0) is 15.1. The smallest absolute Gasteiger partial charge is 0.319 e. The van der Waals surface area contributed by atoms with Crippen molar-refractivity contribution in [2.24, 2.45) is 0 Å². The van der Waals surface area contributed by atoms with Crippen LogP contribution in [-0.2, 0) is 0 Å². The van der Waals surface area contributed by atoms with E-state index < -0.39 is 0 Å². The van der Waals surface area contributed by atoms with Gasteiger partial charge in [0.1, 0.15) is 0 Å². The minimum Gasteiger partial charge on any atom is -0.493 e. The lowest BCUT2D eigenvalue weighted by Crippen LogP contribution is -2.30. The summed E-state index contributed by atoms with van der Waals surface area (Å²) in [7, 11) is 1.53. The Hall–Kier alpha value is -1.68. The fraction of sp³-hybridized carbons (Fsp3) is 0.438. The van der Waals surface area contributed by atoms with E-state index >= 15 is 0 Å². The number of benzene rings is 1. The number of ether oxygens (including phenoxy) is 1. The van der Waals surface area contributed by atoms with Gasteiger partial charge in [0.2, 0.25) is 0 Å². The van der Waals surface area contributed by atoms with E-state index in [-0.39, 0.29) is 6.03 Å². The van der Waals surface area contributed by atoms with Crippen LogP contribution in [0.3, 0.4) is 0 Å². The van der Waals surface area contributed by atoms with E-state index in [0.29, 0.717) is 23.0 Å². The quantitative estimate of drug-likeness (QED) is 0.794. The van der Waals surface area contributed by atoms with E-state index in [2.05, 4.69) is 16.7 Å². The molecule has 4 nitrogen and oxygen atoms in total. The van der Waals surface area contributed by atoms with E-state index in [1.54, 1.807) is 18.2 Å². The Kier molecular flexibility index (Phi) is 5.93. The van der Waals surface area contributed by atoms with Gasteiger partial charge in [-0.1, -0.05) is 29.3 Å². The van der Waals surface area contributed by atoms with E-state index in [0.717, 1.165) is 12.8 Å². The third-order valence-corrected chi connectivity index (χ3v) is 3.83. The van der Waals surface area contributed by atoms with Crippen molar-refractivity contribution in [2.75, 3.05) is 19.0 Å². The molecular formula is C16H21ClN2O2. The summed E-state index contributed by atoms with van der Waals surface area (Å²) in [6.07, 6.45) is 8.08. The number of allylic oxidation sites excluding steroid dienone is 1. The molecule has 0 saturated carbocycles. The zero-order valence-electron chi connectivity index (χ0n) is 12.2. The Morgan fingerprint density at radius 3 is 2.95 bits per heavy atom. The number of carbonyl (C=O) groups is 1. The van der Waals surface area contributed by atoms with Crippen molar-refractivity contribution in [1.29, 1.82) is 0 Å². The van der Waals surface area contributed by atoms with E-state index in [1.807, 2.05) is 0 Å². The van der Waals surface area contributed by atoms with Crippen molar-refractivity contribution >= 4 is 23.3 Å². The summed E-state index contributed by atoms with van der Waals surface area (Å²) in [6, 6.07) is 5.01. The second-order valence-corrected chi connectivity index (χ2v) is 5.47. The van der Waals surface area contributed by atoms with Gasteiger partial charge < -0.3 is 15.4 Å². The van der Waals surface area contributed by atoms with Crippen LogP contribution >= 0.6 is 11.6 Å². The van der Waals surface area contributed by atoms with Crippen molar-refractivity contribution in [1.82, 2.24) is 5.32 Å². The summed E-state index contributed by atoms with van der Waals surface area (Å²) in [4.78, 5) is 11.9. The highest BCUT2D eigenvalue weighted by molar-refractivity contribution is 6.32. The maximum atomic E-state index is 11.9. The molecule has 0 aliphatic heterocycles. The highest BCUT2D eigenvalue weighted by atomic mass is 35.5. The number of urea groups is 1. The van der Waals surface area contributed by atoms with Crippen LogP contribution in [0.5, 0.6) is 5.75 Å².